The van der Waals surface area contributed by atoms with Crippen molar-refractivity contribution in [2.24, 2.45) is 5.92 Å². The molecule has 86 valence electrons. The van der Waals surface area contributed by atoms with Crippen LogP contribution in [0.2, 0.25) is 0 Å². The third-order valence-electron chi connectivity index (χ3n) is 2.88. The minimum atomic E-state index is -0.326. The highest BCUT2D eigenvalue weighted by molar-refractivity contribution is 5.81. The second-order valence-electron chi connectivity index (χ2n) is 3.95. The van der Waals surface area contributed by atoms with Gasteiger partial charge in [0.2, 0.25) is 0 Å². The van der Waals surface area contributed by atoms with Gasteiger partial charge in [0.1, 0.15) is 0 Å². The van der Waals surface area contributed by atoms with Crippen molar-refractivity contribution >= 4 is 5.97 Å². The first kappa shape index (κ1) is 12.0. The maximum atomic E-state index is 10.9. The van der Waals surface area contributed by atoms with E-state index in [0.717, 1.165) is 25.9 Å². The van der Waals surface area contributed by atoms with Crippen LogP contribution >= 0.6 is 0 Å². The number of ether oxygens (including phenoxy) is 1. The molecule has 1 aliphatic heterocycles. The molecule has 0 aromatic rings. The van der Waals surface area contributed by atoms with Crippen LogP contribution in [-0.2, 0) is 9.53 Å². The van der Waals surface area contributed by atoms with Crippen LogP contribution in [0.3, 0.4) is 0 Å². The van der Waals surface area contributed by atoms with Crippen LogP contribution in [0, 0.1) is 5.92 Å². The number of hydrogen-bond donors (Lipinski definition) is 1. The number of esters is 1. The number of aliphatic hydroxyl groups excluding tert-OH is 1. The molecule has 0 aromatic heterocycles. The fourth-order valence-corrected chi connectivity index (χ4v) is 1.79. The Kier molecular flexibility index (Phi) is 4.62. The molecule has 0 aromatic carbocycles. The number of aliphatic hydroxyl groups is 1. The summed E-state index contributed by atoms with van der Waals surface area (Å²) in [6, 6.07) is 0. The van der Waals surface area contributed by atoms with E-state index in [1.54, 1.807) is 6.20 Å². The van der Waals surface area contributed by atoms with E-state index in [9.17, 15) is 9.90 Å². The molecular formula is C11H19NO3. The molecule has 15 heavy (non-hydrogen) atoms. The molecule has 1 N–H and O–H groups in total. The molecule has 1 rings (SSSR count). The minimum absolute atomic E-state index is 0.225. The molecule has 4 nitrogen and oxygen atoms in total. The number of likely N-dealkylation sites (tertiary alicyclic amines) is 1. The van der Waals surface area contributed by atoms with E-state index in [-0.39, 0.29) is 12.1 Å². The number of nitrogens with zero attached hydrogens (tertiary/aromatic N) is 1. The van der Waals surface area contributed by atoms with E-state index in [2.05, 4.69) is 9.64 Å². The molecule has 1 aliphatic rings. The normalized spacial score (nSPS) is 20.6. The predicted octanol–water partition coefficient (Wildman–Crippen LogP) is 0.766. The Morgan fingerprint density at radius 1 is 1.53 bits per heavy atom. The SMILES string of the molecule is COC(=O)/C=C/N1CCC(C(C)O)CC1. The summed E-state index contributed by atoms with van der Waals surface area (Å²) in [7, 11) is 1.37. The molecule has 1 unspecified atom stereocenters. The first-order valence-corrected chi connectivity index (χ1v) is 5.31. The Balaban J connectivity index is 2.31. The van der Waals surface area contributed by atoms with E-state index in [1.807, 2.05) is 6.92 Å². The van der Waals surface area contributed by atoms with Crippen molar-refractivity contribution in [2.45, 2.75) is 25.9 Å². The molecule has 0 spiro atoms. The van der Waals surface area contributed by atoms with Crippen molar-refractivity contribution in [1.29, 1.82) is 0 Å². The third-order valence-corrected chi connectivity index (χ3v) is 2.88. The lowest BCUT2D eigenvalue weighted by Crippen LogP contribution is -2.33. The Labute approximate surface area is 90.5 Å². The highest BCUT2D eigenvalue weighted by Crippen LogP contribution is 2.20. The van der Waals surface area contributed by atoms with Gasteiger partial charge >= 0.3 is 5.97 Å². The summed E-state index contributed by atoms with van der Waals surface area (Å²) in [4.78, 5) is 12.9. The fraction of sp³-hybridized carbons (Fsp3) is 0.727. The van der Waals surface area contributed by atoms with Gasteiger partial charge in [-0.3, -0.25) is 0 Å². The zero-order chi connectivity index (χ0) is 11.3. The summed E-state index contributed by atoms with van der Waals surface area (Å²) in [6.45, 7) is 3.62. The largest absolute Gasteiger partial charge is 0.466 e. The van der Waals surface area contributed by atoms with E-state index < -0.39 is 0 Å². The Morgan fingerprint density at radius 3 is 2.60 bits per heavy atom. The summed E-state index contributed by atoms with van der Waals surface area (Å²) >= 11 is 0. The van der Waals surface area contributed by atoms with Gasteiger partial charge in [-0.25, -0.2) is 4.79 Å². The maximum Gasteiger partial charge on any atom is 0.331 e. The average molecular weight is 213 g/mol. The second-order valence-corrected chi connectivity index (χ2v) is 3.95. The van der Waals surface area contributed by atoms with Gasteiger partial charge < -0.3 is 14.7 Å². The molecule has 1 atom stereocenters. The lowest BCUT2D eigenvalue weighted by Gasteiger charge is -2.32. The summed E-state index contributed by atoms with van der Waals surface area (Å²) in [5.41, 5.74) is 0. The molecule has 0 aliphatic carbocycles. The van der Waals surface area contributed by atoms with Crippen LogP contribution in [0.1, 0.15) is 19.8 Å². The Hall–Kier alpha value is -1.03. The smallest absolute Gasteiger partial charge is 0.331 e. The van der Waals surface area contributed by atoms with E-state index in [1.165, 1.54) is 13.2 Å². The summed E-state index contributed by atoms with van der Waals surface area (Å²) in [6.07, 6.45) is 4.93. The average Bonchev–Trinajstić information content (AvgIpc) is 2.26. The van der Waals surface area contributed by atoms with Gasteiger partial charge in [0.15, 0.2) is 0 Å². The number of hydrogen-bond acceptors (Lipinski definition) is 4. The van der Waals surface area contributed by atoms with Crippen molar-refractivity contribution in [3.05, 3.63) is 12.3 Å². The number of methoxy groups -OCH3 is 1. The topological polar surface area (TPSA) is 49.8 Å². The van der Waals surface area contributed by atoms with Gasteiger partial charge in [0.05, 0.1) is 13.2 Å². The summed E-state index contributed by atoms with van der Waals surface area (Å²) in [5.74, 6) is 0.0698. The van der Waals surface area contributed by atoms with Crippen LogP contribution in [-0.4, -0.2) is 42.3 Å². The van der Waals surface area contributed by atoms with Crippen LogP contribution in [0.5, 0.6) is 0 Å². The lowest BCUT2D eigenvalue weighted by atomic mass is 9.92. The quantitative estimate of drug-likeness (QED) is 0.555. The van der Waals surface area contributed by atoms with Gasteiger partial charge in [-0.15, -0.1) is 0 Å². The monoisotopic (exact) mass is 213 g/mol. The van der Waals surface area contributed by atoms with Gasteiger partial charge in [-0.1, -0.05) is 0 Å². The molecule has 1 fully saturated rings. The number of carbonyl (C=O) groups excluding carboxylic acids is 1. The Bertz CT molecular complexity index is 230. The maximum absolute atomic E-state index is 10.9. The molecule has 0 amide bonds. The van der Waals surface area contributed by atoms with Crippen molar-refractivity contribution in [3.8, 4) is 0 Å². The van der Waals surface area contributed by atoms with E-state index in [0.29, 0.717) is 5.92 Å². The molecule has 0 radical (unpaired) electrons. The van der Waals surface area contributed by atoms with Crippen molar-refractivity contribution in [2.75, 3.05) is 20.2 Å². The summed E-state index contributed by atoms with van der Waals surface area (Å²) in [5, 5.41) is 9.41. The standard InChI is InChI=1S/C11H19NO3/c1-9(13)10-3-6-12(7-4-10)8-5-11(14)15-2/h5,8-10,13H,3-4,6-7H2,1-2H3/b8-5+. The molecule has 1 saturated heterocycles. The van der Waals surface area contributed by atoms with Gasteiger partial charge in [-0.2, -0.15) is 0 Å². The first-order valence-electron chi connectivity index (χ1n) is 5.31. The second kappa shape index (κ2) is 5.75. The van der Waals surface area contributed by atoms with Gasteiger partial charge in [0, 0.05) is 25.4 Å². The Morgan fingerprint density at radius 2 is 2.13 bits per heavy atom. The van der Waals surface area contributed by atoms with Crippen molar-refractivity contribution < 1.29 is 14.6 Å². The zero-order valence-electron chi connectivity index (χ0n) is 9.35. The minimum Gasteiger partial charge on any atom is -0.466 e. The van der Waals surface area contributed by atoms with E-state index >= 15 is 0 Å². The zero-order valence-corrected chi connectivity index (χ0v) is 9.35. The molecule has 4 heteroatoms. The molecule has 0 saturated carbocycles. The summed E-state index contributed by atoms with van der Waals surface area (Å²) < 4.78 is 4.51. The highest BCUT2D eigenvalue weighted by atomic mass is 16.5. The van der Waals surface area contributed by atoms with E-state index in [4.69, 9.17) is 0 Å². The lowest BCUT2D eigenvalue weighted by molar-refractivity contribution is -0.134. The first-order chi connectivity index (χ1) is 7.13. The van der Waals surface area contributed by atoms with Crippen LogP contribution < -0.4 is 0 Å². The number of piperidine rings is 1. The third kappa shape index (κ3) is 3.91. The number of rotatable bonds is 3. The molecule has 0 bridgehead atoms. The molecular weight excluding hydrogens is 194 g/mol. The van der Waals surface area contributed by atoms with Crippen LogP contribution in [0.25, 0.3) is 0 Å². The van der Waals surface area contributed by atoms with Gasteiger partial charge in [-0.05, 0) is 25.7 Å². The number of carbonyl (C=O) groups is 1. The fourth-order valence-electron chi connectivity index (χ4n) is 1.79. The highest BCUT2D eigenvalue weighted by Gasteiger charge is 2.20. The molecule has 1 heterocycles. The predicted molar refractivity (Wildman–Crippen MR) is 57.1 cm³/mol. The van der Waals surface area contributed by atoms with Crippen molar-refractivity contribution in [3.63, 3.8) is 0 Å². The van der Waals surface area contributed by atoms with Crippen molar-refractivity contribution in [1.82, 2.24) is 4.90 Å². The van der Waals surface area contributed by atoms with Gasteiger partial charge in [0.25, 0.3) is 0 Å². The van der Waals surface area contributed by atoms with Crippen LogP contribution in [0.15, 0.2) is 12.3 Å². The van der Waals surface area contributed by atoms with Crippen LogP contribution in [0.4, 0.5) is 0 Å².